The third-order valence-electron chi connectivity index (χ3n) is 2.29. The van der Waals surface area contributed by atoms with E-state index in [1.54, 1.807) is 0 Å². The zero-order valence-corrected chi connectivity index (χ0v) is 15.1. The molecule has 0 aliphatic heterocycles. The molecule has 0 aromatic carbocycles. The molecule has 0 rings (SSSR count). The van der Waals surface area contributed by atoms with Gasteiger partial charge in [0.05, 0.1) is 6.61 Å². The summed E-state index contributed by atoms with van der Waals surface area (Å²) >= 11 is 2.18. The van der Waals surface area contributed by atoms with Crippen molar-refractivity contribution in [3.05, 3.63) is 0 Å². The van der Waals surface area contributed by atoms with Gasteiger partial charge in [0, 0.05) is 31.0 Å². The van der Waals surface area contributed by atoms with Gasteiger partial charge in [-0.15, -0.1) is 0 Å². The fourth-order valence-corrected chi connectivity index (χ4v) is 3.95. The maximum Gasteiger partial charge on any atom is 0.471 e. The third kappa shape index (κ3) is 11.4. The van der Waals surface area contributed by atoms with Crippen molar-refractivity contribution < 1.29 is 28.1 Å². The van der Waals surface area contributed by atoms with Crippen molar-refractivity contribution in [1.82, 2.24) is 0 Å². The Morgan fingerprint density at radius 3 is 2.29 bits per heavy atom. The van der Waals surface area contributed by atoms with E-state index in [-0.39, 0.29) is 22.1 Å². The van der Waals surface area contributed by atoms with Crippen LogP contribution in [0.25, 0.3) is 0 Å². The van der Waals surface area contributed by atoms with Gasteiger partial charge in [-0.3, -0.25) is 18.6 Å². The van der Waals surface area contributed by atoms with E-state index in [0.717, 1.165) is 43.5 Å². The molecule has 0 heterocycles. The molecule has 124 valence electrons. The van der Waals surface area contributed by atoms with Crippen LogP contribution < -0.4 is 0 Å². The van der Waals surface area contributed by atoms with Gasteiger partial charge in [0.2, 0.25) is 0 Å². The summed E-state index contributed by atoms with van der Waals surface area (Å²) in [5.41, 5.74) is 0. The van der Waals surface area contributed by atoms with Crippen LogP contribution in [0.5, 0.6) is 0 Å². The summed E-state index contributed by atoms with van der Waals surface area (Å²) in [6, 6.07) is 0. The van der Waals surface area contributed by atoms with Crippen LogP contribution in [0.1, 0.15) is 39.5 Å². The summed E-state index contributed by atoms with van der Waals surface area (Å²) < 4.78 is 20.4. The molecule has 0 spiro atoms. The number of hydrogen-bond donors (Lipinski definition) is 1. The van der Waals surface area contributed by atoms with Crippen LogP contribution in [0.3, 0.4) is 0 Å². The quantitative estimate of drug-likeness (QED) is 0.563. The van der Waals surface area contributed by atoms with Gasteiger partial charge in [0.15, 0.2) is 10.2 Å². The molecule has 0 aliphatic carbocycles. The monoisotopic (exact) mass is 358 g/mol. The topological polar surface area (TPSA) is 89.9 Å². The van der Waals surface area contributed by atoms with Crippen LogP contribution in [0.15, 0.2) is 0 Å². The van der Waals surface area contributed by atoms with Crippen LogP contribution in [-0.2, 0) is 23.2 Å². The summed E-state index contributed by atoms with van der Waals surface area (Å²) in [5.74, 6) is 0.364. The number of thioether (sulfide) groups is 2. The van der Waals surface area contributed by atoms with Gasteiger partial charge in [-0.25, -0.2) is 4.57 Å². The Labute approximate surface area is 134 Å². The Kier molecular flexibility index (Phi) is 11.8. The highest BCUT2D eigenvalue weighted by molar-refractivity contribution is 8.17. The van der Waals surface area contributed by atoms with Crippen molar-refractivity contribution in [2.24, 2.45) is 0 Å². The first-order valence-electron chi connectivity index (χ1n) is 6.72. The number of carbonyl (C=O) groups is 2. The van der Waals surface area contributed by atoms with Gasteiger partial charge >= 0.3 is 7.82 Å². The van der Waals surface area contributed by atoms with Crippen molar-refractivity contribution >= 4 is 41.6 Å². The lowest BCUT2D eigenvalue weighted by Crippen LogP contribution is -2.18. The van der Waals surface area contributed by atoms with Crippen molar-refractivity contribution in [3.8, 4) is 0 Å². The Hall–Kier alpha value is 0.150. The Morgan fingerprint density at radius 2 is 1.76 bits per heavy atom. The highest BCUT2D eigenvalue weighted by atomic mass is 32.2. The van der Waals surface area contributed by atoms with Gasteiger partial charge < -0.3 is 4.89 Å². The highest BCUT2D eigenvalue weighted by Crippen LogP contribution is 2.42. The minimum atomic E-state index is -4.07. The molecule has 0 bridgehead atoms. The molecule has 0 radical (unpaired) electrons. The average Bonchev–Trinajstić information content (AvgIpc) is 2.42. The van der Waals surface area contributed by atoms with E-state index >= 15 is 0 Å². The molecule has 0 fully saturated rings. The molecule has 21 heavy (non-hydrogen) atoms. The standard InChI is InChI=1S/C12H23O6PS2/c1-4-6-11(13)20-9-10(21-12(14)7-5-2)8-18-19(15,16)17-3/h10H,4-9H2,1-3H3,(H,15,16)/t10-/m0/s1. The highest BCUT2D eigenvalue weighted by Gasteiger charge is 2.23. The van der Waals surface area contributed by atoms with Crippen LogP contribution >= 0.6 is 31.3 Å². The normalized spacial score (nSPS) is 15.4. The lowest BCUT2D eigenvalue weighted by Gasteiger charge is -2.16. The number of hydrogen-bond acceptors (Lipinski definition) is 7. The molecule has 6 nitrogen and oxygen atoms in total. The second-order valence-electron chi connectivity index (χ2n) is 4.24. The molecule has 0 amide bonds. The third-order valence-corrected chi connectivity index (χ3v) is 5.64. The van der Waals surface area contributed by atoms with Gasteiger partial charge in [0.25, 0.3) is 0 Å². The van der Waals surface area contributed by atoms with Crippen LogP contribution in [0.2, 0.25) is 0 Å². The summed E-state index contributed by atoms with van der Waals surface area (Å²) in [7, 11) is -2.99. The van der Waals surface area contributed by atoms with Gasteiger partial charge in [-0.05, 0) is 12.8 Å². The fraction of sp³-hybridized carbons (Fsp3) is 0.833. The van der Waals surface area contributed by atoms with Crippen molar-refractivity contribution in [2.75, 3.05) is 19.5 Å². The maximum absolute atomic E-state index is 11.7. The molecular weight excluding hydrogens is 335 g/mol. The molecule has 1 N–H and O–H groups in total. The van der Waals surface area contributed by atoms with Gasteiger partial charge in [-0.1, -0.05) is 37.4 Å². The lowest BCUT2D eigenvalue weighted by atomic mass is 10.4. The largest absolute Gasteiger partial charge is 0.471 e. The van der Waals surface area contributed by atoms with E-state index in [1.807, 2.05) is 13.8 Å². The van der Waals surface area contributed by atoms with E-state index in [0.29, 0.717) is 18.6 Å². The van der Waals surface area contributed by atoms with E-state index in [1.165, 1.54) is 0 Å². The van der Waals surface area contributed by atoms with Gasteiger partial charge in [-0.2, -0.15) is 0 Å². The molecular formula is C12H23O6PS2. The van der Waals surface area contributed by atoms with E-state index in [4.69, 9.17) is 4.52 Å². The summed E-state index contributed by atoms with van der Waals surface area (Å²) in [4.78, 5) is 32.4. The summed E-state index contributed by atoms with van der Waals surface area (Å²) in [6.07, 6.45) is 2.40. The second-order valence-corrected chi connectivity index (χ2v) is 8.24. The first-order valence-corrected chi connectivity index (χ1v) is 10.1. The second kappa shape index (κ2) is 11.7. The number of phosphoric ester groups is 1. The van der Waals surface area contributed by atoms with E-state index < -0.39 is 7.82 Å². The first-order chi connectivity index (χ1) is 9.84. The summed E-state index contributed by atoms with van der Waals surface area (Å²) in [6.45, 7) is 3.70. The van der Waals surface area contributed by atoms with Crippen molar-refractivity contribution in [3.63, 3.8) is 0 Å². The van der Waals surface area contributed by atoms with Crippen LogP contribution in [0, 0.1) is 0 Å². The average molecular weight is 358 g/mol. The Morgan fingerprint density at radius 1 is 1.19 bits per heavy atom. The fourth-order valence-electron chi connectivity index (χ4n) is 1.26. The van der Waals surface area contributed by atoms with Crippen LogP contribution in [-0.4, -0.2) is 39.8 Å². The molecule has 2 atom stereocenters. The maximum atomic E-state index is 11.7. The number of phosphoric acid groups is 1. The number of carbonyl (C=O) groups excluding carboxylic acids is 2. The Bertz CT molecular complexity index is 377. The minimum Gasteiger partial charge on any atom is -0.303 e. The molecule has 9 heteroatoms. The zero-order chi connectivity index (χ0) is 16.3. The molecule has 1 unspecified atom stereocenters. The predicted octanol–water partition coefficient (Wildman–Crippen LogP) is 3.24. The SMILES string of the molecule is CCCC(=O)SC[C@H](COP(=O)(O)OC)SC(=O)CCC. The lowest BCUT2D eigenvalue weighted by molar-refractivity contribution is -0.111. The molecule has 0 saturated heterocycles. The zero-order valence-electron chi connectivity index (χ0n) is 12.6. The predicted molar refractivity (Wildman–Crippen MR) is 86.5 cm³/mol. The molecule has 0 saturated carbocycles. The smallest absolute Gasteiger partial charge is 0.303 e. The molecule has 0 aromatic heterocycles. The molecule has 0 aromatic rings. The van der Waals surface area contributed by atoms with Crippen molar-refractivity contribution in [2.45, 2.75) is 44.8 Å². The van der Waals surface area contributed by atoms with Crippen molar-refractivity contribution in [1.29, 1.82) is 0 Å². The van der Waals surface area contributed by atoms with Gasteiger partial charge in [0.1, 0.15) is 0 Å². The van der Waals surface area contributed by atoms with Crippen LogP contribution in [0.4, 0.5) is 0 Å². The van der Waals surface area contributed by atoms with E-state index in [9.17, 15) is 19.0 Å². The molecule has 0 aliphatic rings. The number of rotatable bonds is 11. The minimum absolute atomic E-state index is 0.0140. The summed E-state index contributed by atoms with van der Waals surface area (Å²) in [5, 5.41) is -0.324. The van der Waals surface area contributed by atoms with E-state index in [2.05, 4.69) is 4.52 Å². The Balaban J connectivity index is 4.43. The first kappa shape index (κ1) is 21.1.